The Morgan fingerprint density at radius 2 is 1.52 bits per heavy atom. The van der Waals surface area contributed by atoms with Gasteiger partial charge in [0, 0.05) is 31.7 Å². The Morgan fingerprint density at radius 1 is 0.960 bits per heavy atom. The molecule has 3 rings (SSSR count). The Morgan fingerprint density at radius 3 is 2.04 bits per heavy atom. The molecule has 2 N–H and O–H groups in total. The Balaban J connectivity index is 1.45. The minimum absolute atomic E-state index is 0.182. The number of rotatable bonds is 5. The van der Waals surface area contributed by atoms with Crippen LogP contribution in [-0.4, -0.2) is 18.5 Å². The Bertz CT molecular complexity index is 739. The van der Waals surface area contributed by atoms with Crippen LogP contribution in [-0.2, 0) is 17.9 Å². The Labute approximate surface area is 148 Å². The van der Waals surface area contributed by atoms with Crippen LogP contribution in [0.4, 0.5) is 10.5 Å². The minimum atomic E-state index is -0.195. The number of hydrogen-bond acceptors (Lipinski definition) is 2. The van der Waals surface area contributed by atoms with E-state index in [1.54, 1.807) is 0 Å². The van der Waals surface area contributed by atoms with Gasteiger partial charge in [-0.2, -0.15) is 0 Å². The van der Waals surface area contributed by atoms with Crippen molar-refractivity contribution in [3.63, 3.8) is 0 Å². The van der Waals surface area contributed by atoms with Gasteiger partial charge in [-0.3, -0.25) is 4.79 Å². The van der Waals surface area contributed by atoms with Crippen LogP contribution in [0.2, 0.25) is 0 Å². The molecular formula is C20H23N3O2. The highest BCUT2D eigenvalue weighted by molar-refractivity contribution is 5.95. The van der Waals surface area contributed by atoms with Crippen molar-refractivity contribution in [1.82, 2.24) is 10.6 Å². The molecule has 1 aliphatic rings. The largest absolute Gasteiger partial charge is 0.334 e. The van der Waals surface area contributed by atoms with Gasteiger partial charge in [-0.1, -0.05) is 42.0 Å². The molecule has 0 saturated carbocycles. The lowest BCUT2D eigenvalue weighted by Gasteiger charge is -2.16. The first kappa shape index (κ1) is 17.0. The summed E-state index contributed by atoms with van der Waals surface area (Å²) in [6, 6.07) is 15.6. The van der Waals surface area contributed by atoms with Gasteiger partial charge in [-0.25, -0.2) is 4.79 Å². The maximum absolute atomic E-state index is 11.9. The summed E-state index contributed by atoms with van der Waals surface area (Å²) in [5.74, 6) is 0.182. The standard InChI is InChI=1S/C20H23N3O2/c1-15-4-6-16(7-5-15)13-21-20(25)22-14-17-8-10-18(11-9-17)23-12-2-3-19(23)24/h4-11H,2-3,12-14H2,1H3,(H2,21,22,25). The second-order valence-corrected chi connectivity index (χ2v) is 6.34. The lowest BCUT2D eigenvalue weighted by Crippen LogP contribution is -2.34. The SMILES string of the molecule is Cc1ccc(CNC(=O)NCc2ccc(N3CCCC3=O)cc2)cc1. The topological polar surface area (TPSA) is 61.4 Å². The fraction of sp³-hybridized carbons (Fsp3) is 0.300. The van der Waals surface area contributed by atoms with Crippen molar-refractivity contribution in [2.24, 2.45) is 0 Å². The molecule has 2 aromatic rings. The molecule has 0 bridgehead atoms. The summed E-state index contributed by atoms with van der Waals surface area (Å²) < 4.78 is 0. The van der Waals surface area contributed by atoms with Gasteiger partial charge in [0.05, 0.1) is 0 Å². The molecule has 0 aliphatic carbocycles. The third-order valence-electron chi connectivity index (χ3n) is 4.35. The van der Waals surface area contributed by atoms with E-state index in [0.29, 0.717) is 19.5 Å². The minimum Gasteiger partial charge on any atom is -0.334 e. The quantitative estimate of drug-likeness (QED) is 0.880. The molecular weight excluding hydrogens is 314 g/mol. The van der Waals surface area contributed by atoms with E-state index in [4.69, 9.17) is 0 Å². The van der Waals surface area contributed by atoms with E-state index in [2.05, 4.69) is 10.6 Å². The summed E-state index contributed by atoms with van der Waals surface area (Å²) in [5, 5.41) is 5.70. The molecule has 5 heteroatoms. The van der Waals surface area contributed by atoms with E-state index in [0.717, 1.165) is 29.8 Å². The summed E-state index contributed by atoms with van der Waals surface area (Å²) in [5.41, 5.74) is 4.20. The second-order valence-electron chi connectivity index (χ2n) is 6.34. The molecule has 25 heavy (non-hydrogen) atoms. The predicted molar refractivity (Wildman–Crippen MR) is 98.3 cm³/mol. The molecule has 1 saturated heterocycles. The molecule has 1 fully saturated rings. The van der Waals surface area contributed by atoms with Crippen LogP contribution >= 0.6 is 0 Å². The number of hydrogen-bond donors (Lipinski definition) is 2. The van der Waals surface area contributed by atoms with Crippen molar-refractivity contribution in [3.8, 4) is 0 Å². The number of urea groups is 1. The lowest BCUT2D eigenvalue weighted by molar-refractivity contribution is -0.117. The number of benzene rings is 2. The van der Waals surface area contributed by atoms with Crippen LogP contribution < -0.4 is 15.5 Å². The maximum Gasteiger partial charge on any atom is 0.315 e. The van der Waals surface area contributed by atoms with Gasteiger partial charge in [0.1, 0.15) is 0 Å². The maximum atomic E-state index is 11.9. The van der Waals surface area contributed by atoms with Crippen molar-refractivity contribution >= 4 is 17.6 Å². The number of anilines is 1. The highest BCUT2D eigenvalue weighted by Crippen LogP contribution is 2.21. The summed E-state index contributed by atoms with van der Waals surface area (Å²) in [4.78, 5) is 25.5. The van der Waals surface area contributed by atoms with Gasteiger partial charge in [-0.15, -0.1) is 0 Å². The molecule has 0 aromatic heterocycles. The molecule has 130 valence electrons. The van der Waals surface area contributed by atoms with Gasteiger partial charge >= 0.3 is 6.03 Å². The molecule has 1 aliphatic heterocycles. The van der Waals surface area contributed by atoms with Gasteiger partial charge in [-0.05, 0) is 36.6 Å². The third-order valence-corrected chi connectivity index (χ3v) is 4.35. The summed E-state index contributed by atoms with van der Waals surface area (Å²) in [6.07, 6.45) is 1.55. The van der Waals surface area contributed by atoms with Crippen LogP contribution in [0.1, 0.15) is 29.5 Å². The highest BCUT2D eigenvalue weighted by atomic mass is 16.2. The van der Waals surface area contributed by atoms with Gasteiger partial charge < -0.3 is 15.5 Å². The van der Waals surface area contributed by atoms with E-state index >= 15 is 0 Å². The third kappa shape index (κ3) is 4.59. The average Bonchev–Trinajstić information content (AvgIpc) is 3.06. The number of carbonyl (C=O) groups excluding carboxylic acids is 2. The van der Waals surface area contributed by atoms with Crippen LogP contribution in [0, 0.1) is 6.92 Å². The molecule has 2 aromatic carbocycles. The number of carbonyl (C=O) groups is 2. The van der Waals surface area contributed by atoms with Crippen LogP contribution in [0.3, 0.4) is 0 Å². The summed E-state index contributed by atoms with van der Waals surface area (Å²) in [7, 11) is 0. The first-order chi connectivity index (χ1) is 12.1. The van der Waals surface area contributed by atoms with Crippen LogP contribution in [0.15, 0.2) is 48.5 Å². The van der Waals surface area contributed by atoms with Crippen molar-refractivity contribution in [3.05, 3.63) is 65.2 Å². The fourth-order valence-corrected chi connectivity index (χ4v) is 2.85. The molecule has 0 spiro atoms. The first-order valence-electron chi connectivity index (χ1n) is 8.58. The van der Waals surface area contributed by atoms with Crippen molar-refractivity contribution < 1.29 is 9.59 Å². The number of nitrogens with zero attached hydrogens (tertiary/aromatic N) is 1. The lowest BCUT2D eigenvalue weighted by atomic mass is 10.1. The van der Waals surface area contributed by atoms with Gasteiger partial charge in [0.2, 0.25) is 5.91 Å². The van der Waals surface area contributed by atoms with E-state index < -0.39 is 0 Å². The molecule has 0 atom stereocenters. The Hall–Kier alpha value is -2.82. The first-order valence-corrected chi connectivity index (χ1v) is 8.58. The van der Waals surface area contributed by atoms with Crippen molar-refractivity contribution in [2.45, 2.75) is 32.9 Å². The normalized spacial score (nSPS) is 13.8. The molecule has 1 heterocycles. The molecule has 0 radical (unpaired) electrons. The summed E-state index contributed by atoms with van der Waals surface area (Å²) >= 11 is 0. The second kappa shape index (κ2) is 7.83. The smallest absolute Gasteiger partial charge is 0.315 e. The monoisotopic (exact) mass is 337 g/mol. The molecule has 3 amide bonds. The van der Waals surface area contributed by atoms with Crippen LogP contribution in [0.5, 0.6) is 0 Å². The van der Waals surface area contributed by atoms with Crippen molar-refractivity contribution in [2.75, 3.05) is 11.4 Å². The van der Waals surface area contributed by atoms with Gasteiger partial charge in [0.25, 0.3) is 0 Å². The molecule has 0 unspecified atom stereocenters. The number of aryl methyl sites for hydroxylation is 1. The van der Waals surface area contributed by atoms with Crippen molar-refractivity contribution in [1.29, 1.82) is 0 Å². The highest BCUT2D eigenvalue weighted by Gasteiger charge is 2.21. The summed E-state index contributed by atoms with van der Waals surface area (Å²) in [6.45, 7) is 3.78. The zero-order valence-corrected chi connectivity index (χ0v) is 14.4. The average molecular weight is 337 g/mol. The van der Waals surface area contributed by atoms with Crippen LogP contribution in [0.25, 0.3) is 0 Å². The van der Waals surface area contributed by atoms with E-state index in [1.807, 2.05) is 60.4 Å². The number of amides is 3. The van der Waals surface area contributed by atoms with E-state index in [1.165, 1.54) is 5.56 Å². The van der Waals surface area contributed by atoms with E-state index in [-0.39, 0.29) is 11.9 Å². The van der Waals surface area contributed by atoms with E-state index in [9.17, 15) is 9.59 Å². The predicted octanol–water partition coefficient (Wildman–Crippen LogP) is 3.12. The van der Waals surface area contributed by atoms with Gasteiger partial charge in [0.15, 0.2) is 0 Å². The molecule has 5 nitrogen and oxygen atoms in total. The zero-order chi connectivity index (χ0) is 17.6. The zero-order valence-electron chi connectivity index (χ0n) is 14.4. The Kier molecular flexibility index (Phi) is 5.33. The fourth-order valence-electron chi connectivity index (χ4n) is 2.85. The number of nitrogens with one attached hydrogen (secondary N) is 2.